The Morgan fingerprint density at radius 1 is 1.21 bits per heavy atom. The van der Waals surface area contributed by atoms with Crippen molar-refractivity contribution in [3.8, 4) is 5.69 Å². The van der Waals surface area contributed by atoms with Gasteiger partial charge in [0, 0.05) is 11.9 Å². The first-order valence-corrected chi connectivity index (χ1v) is 5.85. The molecule has 1 aromatic heterocycles. The van der Waals surface area contributed by atoms with E-state index < -0.39 is 17.6 Å². The van der Waals surface area contributed by atoms with E-state index in [1.54, 1.807) is 30.3 Å². The highest BCUT2D eigenvalue weighted by atomic mass is 19.3. The molecular formula is C14H13F2NO2. The molecule has 0 fully saturated rings. The SMILES string of the molecule is CCOC(=O)C(F)(F)c1cccn1-c1ccccc1. The molecule has 1 aromatic carbocycles. The predicted molar refractivity (Wildman–Crippen MR) is 66.3 cm³/mol. The van der Waals surface area contributed by atoms with Gasteiger partial charge in [-0.05, 0) is 31.2 Å². The van der Waals surface area contributed by atoms with Gasteiger partial charge in [-0.3, -0.25) is 0 Å². The Bertz CT molecular complexity index is 564. The van der Waals surface area contributed by atoms with Crippen LogP contribution in [0.2, 0.25) is 0 Å². The largest absolute Gasteiger partial charge is 0.461 e. The summed E-state index contributed by atoms with van der Waals surface area (Å²) in [5.41, 5.74) is 0.156. The van der Waals surface area contributed by atoms with E-state index in [4.69, 9.17) is 0 Å². The maximum Gasteiger partial charge on any atom is 0.383 e. The molecule has 100 valence electrons. The van der Waals surface area contributed by atoms with Crippen LogP contribution >= 0.6 is 0 Å². The van der Waals surface area contributed by atoms with Gasteiger partial charge in [0.1, 0.15) is 5.69 Å². The second kappa shape index (κ2) is 5.22. The van der Waals surface area contributed by atoms with Crippen molar-refractivity contribution < 1.29 is 18.3 Å². The predicted octanol–water partition coefficient (Wildman–Crippen LogP) is 3.13. The van der Waals surface area contributed by atoms with E-state index in [1.807, 2.05) is 0 Å². The third kappa shape index (κ3) is 2.50. The van der Waals surface area contributed by atoms with Gasteiger partial charge in [-0.15, -0.1) is 0 Å². The Kier molecular flexibility index (Phi) is 3.64. The van der Waals surface area contributed by atoms with Crippen molar-refractivity contribution in [3.63, 3.8) is 0 Å². The standard InChI is InChI=1S/C14H13F2NO2/c1-2-19-13(18)14(15,16)12-9-6-10-17(12)11-7-4-3-5-8-11/h3-10H,2H2,1H3. The average molecular weight is 265 g/mol. The summed E-state index contributed by atoms with van der Waals surface area (Å²) in [4.78, 5) is 11.4. The van der Waals surface area contributed by atoms with Crippen LogP contribution in [0.3, 0.4) is 0 Å². The second-order valence-electron chi connectivity index (χ2n) is 3.89. The summed E-state index contributed by atoms with van der Waals surface area (Å²) in [5, 5.41) is 0. The maximum absolute atomic E-state index is 14.0. The van der Waals surface area contributed by atoms with Gasteiger partial charge in [0.15, 0.2) is 0 Å². The molecule has 19 heavy (non-hydrogen) atoms. The summed E-state index contributed by atoms with van der Waals surface area (Å²) in [7, 11) is 0. The molecule has 5 heteroatoms. The zero-order valence-electron chi connectivity index (χ0n) is 10.3. The lowest BCUT2D eigenvalue weighted by molar-refractivity contribution is -0.173. The minimum Gasteiger partial charge on any atom is -0.461 e. The molecule has 0 saturated carbocycles. The fraction of sp³-hybridized carbons (Fsp3) is 0.214. The lowest BCUT2D eigenvalue weighted by Gasteiger charge is -2.17. The number of halogens is 2. The van der Waals surface area contributed by atoms with Crippen molar-refractivity contribution in [2.75, 3.05) is 6.61 Å². The van der Waals surface area contributed by atoms with Crippen LogP contribution in [0.5, 0.6) is 0 Å². The molecule has 0 saturated heterocycles. The molecule has 0 bridgehead atoms. The number of esters is 1. The molecule has 0 radical (unpaired) electrons. The Labute approximate surface area is 109 Å². The van der Waals surface area contributed by atoms with E-state index >= 15 is 0 Å². The highest BCUT2D eigenvalue weighted by Crippen LogP contribution is 2.31. The second-order valence-corrected chi connectivity index (χ2v) is 3.89. The number of para-hydroxylation sites is 1. The number of benzene rings is 1. The molecule has 0 atom stereocenters. The van der Waals surface area contributed by atoms with Crippen molar-refractivity contribution in [2.45, 2.75) is 12.8 Å². The van der Waals surface area contributed by atoms with Gasteiger partial charge in [0.05, 0.1) is 6.61 Å². The van der Waals surface area contributed by atoms with Crippen LogP contribution in [0.1, 0.15) is 12.6 Å². The Hall–Kier alpha value is -2.17. The van der Waals surface area contributed by atoms with Crippen LogP contribution in [0, 0.1) is 0 Å². The topological polar surface area (TPSA) is 31.2 Å². The molecule has 0 unspecified atom stereocenters. The summed E-state index contributed by atoms with van der Waals surface area (Å²) >= 11 is 0. The van der Waals surface area contributed by atoms with Crippen LogP contribution in [-0.2, 0) is 15.5 Å². The number of alkyl halides is 2. The van der Waals surface area contributed by atoms with Gasteiger partial charge < -0.3 is 9.30 Å². The first-order valence-electron chi connectivity index (χ1n) is 5.85. The fourth-order valence-electron chi connectivity index (χ4n) is 1.78. The Balaban J connectivity index is 2.42. The van der Waals surface area contributed by atoms with Gasteiger partial charge in [-0.2, -0.15) is 8.78 Å². The van der Waals surface area contributed by atoms with Crippen molar-refractivity contribution >= 4 is 5.97 Å². The fourth-order valence-corrected chi connectivity index (χ4v) is 1.78. The maximum atomic E-state index is 14.0. The molecule has 0 aliphatic rings. The number of aromatic nitrogens is 1. The number of carbonyl (C=O) groups excluding carboxylic acids is 1. The van der Waals surface area contributed by atoms with Gasteiger partial charge in [0.2, 0.25) is 0 Å². The number of ether oxygens (including phenoxy) is 1. The van der Waals surface area contributed by atoms with E-state index in [1.165, 1.54) is 29.8 Å². The number of nitrogens with zero attached hydrogens (tertiary/aromatic N) is 1. The van der Waals surface area contributed by atoms with E-state index in [9.17, 15) is 13.6 Å². The summed E-state index contributed by atoms with van der Waals surface area (Å²) < 4.78 is 33.7. The van der Waals surface area contributed by atoms with E-state index in [-0.39, 0.29) is 6.61 Å². The van der Waals surface area contributed by atoms with Gasteiger partial charge >= 0.3 is 11.9 Å². The molecule has 0 amide bonds. The van der Waals surface area contributed by atoms with Gasteiger partial charge in [-0.1, -0.05) is 18.2 Å². The normalized spacial score (nSPS) is 11.3. The van der Waals surface area contributed by atoms with Crippen LogP contribution in [0.15, 0.2) is 48.7 Å². The zero-order valence-corrected chi connectivity index (χ0v) is 10.3. The number of rotatable bonds is 4. The molecule has 3 nitrogen and oxygen atoms in total. The molecule has 1 heterocycles. The monoisotopic (exact) mass is 265 g/mol. The summed E-state index contributed by atoms with van der Waals surface area (Å²) in [5.74, 6) is -5.21. The Morgan fingerprint density at radius 2 is 1.89 bits per heavy atom. The highest BCUT2D eigenvalue weighted by Gasteiger charge is 2.45. The van der Waals surface area contributed by atoms with Crippen LogP contribution < -0.4 is 0 Å². The molecular weight excluding hydrogens is 252 g/mol. The lowest BCUT2D eigenvalue weighted by Crippen LogP contribution is -2.30. The lowest BCUT2D eigenvalue weighted by atomic mass is 10.2. The van der Waals surface area contributed by atoms with Crippen molar-refractivity contribution in [1.82, 2.24) is 4.57 Å². The number of carbonyl (C=O) groups is 1. The summed E-state index contributed by atoms with van der Waals surface area (Å²) in [6.07, 6.45) is 1.48. The van der Waals surface area contributed by atoms with Crippen LogP contribution in [-0.4, -0.2) is 17.1 Å². The average Bonchev–Trinajstić information content (AvgIpc) is 2.90. The number of hydrogen-bond donors (Lipinski definition) is 0. The molecule has 2 aromatic rings. The molecule has 0 spiro atoms. The minimum absolute atomic E-state index is 0.0829. The highest BCUT2D eigenvalue weighted by molar-refractivity contribution is 5.79. The first-order chi connectivity index (χ1) is 9.07. The van der Waals surface area contributed by atoms with Crippen molar-refractivity contribution in [2.24, 2.45) is 0 Å². The molecule has 0 aliphatic heterocycles. The molecule has 0 aliphatic carbocycles. The van der Waals surface area contributed by atoms with Crippen LogP contribution in [0.4, 0.5) is 8.78 Å². The van der Waals surface area contributed by atoms with E-state index in [0.717, 1.165) is 0 Å². The molecule has 0 N–H and O–H groups in total. The van der Waals surface area contributed by atoms with Crippen molar-refractivity contribution in [1.29, 1.82) is 0 Å². The van der Waals surface area contributed by atoms with Crippen molar-refractivity contribution in [3.05, 3.63) is 54.4 Å². The smallest absolute Gasteiger partial charge is 0.383 e. The van der Waals surface area contributed by atoms with Crippen LogP contribution in [0.25, 0.3) is 5.69 Å². The zero-order chi connectivity index (χ0) is 13.9. The summed E-state index contributed by atoms with van der Waals surface area (Å²) in [6, 6.07) is 11.3. The molecule has 2 rings (SSSR count). The van der Waals surface area contributed by atoms with Gasteiger partial charge in [0.25, 0.3) is 0 Å². The number of hydrogen-bond acceptors (Lipinski definition) is 2. The van der Waals surface area contributed by atoms with E-state index in [0.29, 0.717) is 5.69 Å². The Morgan fingerprint density at radius 3 is 2.53 bits per heavy atom. The first kappa shape index (κ1) is 13.3. The third-order valence-electron chi connectivity index (χ3n) is 2.64. The quantitative estimate of drug-likeness (QED) is 0.795. The van der Waals surface area contributed by atoms with E-state index in [2.05, 4.69) is 4.74 Å². The van der Waals surface area contributed by atoms with Gasteiger partial charge in [-0.25, -0.2) is 4.79 Å². The minimum atomic E-state index is -3.67. The third-order valence-corrected chi connectivity index (χ3v) is 2.64. The summed E-state index contributed by atoms with van der Waals surface area (Å²) in [6.45, 7) is 1.41.